The first kappa shape index (κ1) is 15.4. The molecule has 0 saturated carbocycles. The molecule has 1 rings (SSSR count). The number of carbonyl (C=O) groups excluding carboxylic acids is 1. The van der Waals surface area contributed by atoms with Crippen LogP contribution in [-0.4, -0.2) is 42.5 Å². The van der Waals surface area contributed by atoms with Crippen LogP contribution in [0, 0.1) is 5.92 Å². The SMILES string of the molecule is CNC(C)(CCCN1CCCC1C(C)C)C(N)=O. The Balaban J connectivity index is 2.39. The van der Waals surface area contributed by atoms with Crippen molar-refractivity contribution in [3.8, 4) is 0 Å². The van der Waals surface area contributed by atoms with Crippen molar-refractivity contribution < 1.29 is 4.79 Å². The van der Waals surface area contributed by atoms with E-state index in [0.29, 0.717) is 0 Å². The minimum absolute atomic E-state index is 0.258. The van der Waals surface area contributed by atoms with E-state index in [1.165, 1.54) is 19.4 Å². The maximum Gasteiger partial charge on any atom is 0.237 e. The number of nitrogens with one attached hydrogen (secondary N) is 1. The molecular weight excluding hydrogens is 226 g/mol. The summed E-state index contributed by atoms with van der Waals surface area (Å²) in [7, 11) is 1.80. The zero-order valence-corrected chi connectivity index (χ0v) is 12.3. The number of likely N-dealkylation sites (tertiary alicyclic amines) is 1. The van der Waals surface area contributed by atoms with Gasteiger partial charge < -0.3 is 16.0 Å². The number of primary amides is 1. The van der Waals surface area contributed by atoms with Crippen molar-refractivity contribution in [2.45, 2.75) is 58.0 Å². The molecule has 2 unspecified atom stereocenters. The Morgan fingerprint density at radius 1 is 1.56 bits per heavy atom. The lowest BCUT2D eigenvalue weighted by atomic mass is 9.94. The van der Waals surface area contributed by atoms with Gasteiger partial charge in [0.05, 0.1) is 5.54 Å². The highest BCUT2D eigenvalue weighted by Gasteiger charge is 2.30. The Morgan fingerprint density at radius 3 is 2.72 bits per heavy atom. The van der Waals surface area contributed by atoms with E-state index in [4.69, 9.17) is 5.73 Å². The second kappa shape index (κ2) is 6.53. The molecule has 1 heterocycles. The second-order valence-corrected chi connectivity index (χ2v) is 6.04. The largest absolute Gasteiger partial charge is 0.368 e. The number of hydrogen-bond donors (Lipinski definition) is 2. The zero-order chi connectivity index (χ0) is 13.8. The van der Waals surface area contributed by atoms with E-state index in [2.05, 4.69) is 24.1 Å². The third kappa shape index (κ3) is 3.69. The highest BCUT2D eigenvalue weighted by Crippen LogP contribution is 2.24. The van der Waals surface area contributed by atoms with E-state index in [-0.39, 0.29) is 5.91 Å². The third-order valence-corrected chi connectivity index (χ3v) is 4.40. The van der Waals surface area contributed by atoms with E-state index in [1.807, 2.05) is 6.92 Å². The van der Waals surface area contributed by atoms with Crippen LogP contribution in [0.4, 0.5) is 0 Å². The lowest BCUT2D eigenvalue weighted by Crippen LogP contribution is -2.51. The van der Waals surface area contributed by atoms with Gasteiger partial charge in [-0.05, 0) is 58.7 Å². The predicted molar refractivity (Wildman–Crippen MR) is 75.3 cm³/mol. The van der Waals surface area contributed by atoms with Crippen LogP contribution in [0.1, 0.15) is 46.5 Å². The fraction of sp³-hybridized carbons (Fsp3) is 0.929. The van der Waals surface area contributed by atoms with Gasteiger partial charge in [-0.15, -0.1) is 0 Å². The Hall–Kier alpha value is -0.610. The number of carbonyl (C=O) groups is 1. The molecule has 4 nitrogen and oxygen atoms in total. The van der Waals surface area contributed by atoms with Crippen LogP contribution in [-0.2, 0) is 4.79 Å². The molecule has 0 bridgehead atoms. The first-order chi connectivity index (χ1) is 8.40. The molecule has 0 aromatic carbocycles. The summed E-state index contributed by atoms with van der Waals surface area (Å²) >= 11 is 0. The Morgan fingerprint density at radius 2 is 2.22 bits per heavy atom. The van der Waals surface area contributed by atoms with Crippen molar-refractivity contribution in [3.63, 3.8) is 0 Å². The van der Waals surface area contributed by atoms with E-state index in [1.54, 1.807) is 7.05 Å². The van der Waals surface area contributed by atoms with Crippen LogP contribution < -0.4 is 11.1 Å². The number of rotatable bonds is 7. The molecule has 0 aliphatic carbocycles. The molecule has 1 aliphatic heterocycles. The molecule has 0 radical (unpaired) electrons. The van der Waals surface area contributed by atoms with Crippen molar-refractivity contribution in [1.29, 1.82) is 0 Å². The van der Waals surface area contributed by atoms with Crippen LogP contribution in [0.3, 0.4) is 0 Å². The summed E-state index contributed by atoms with van der Waals surface area (Å²) < 4.78 is 0. The minimum Gasteiger partial charge on any atom is -0.368 e. The van der Waals surface area contributed by atoms with Gasteiger partial charge in [0.15, 0.2) is 0 Å². The summed E-state index contributed by atoms with van der Waals surface area (Å²) in [6.45, 7) is 8.76. The molecule has 106 valence electrons. The van der Waals surface area contributed by atoms with E-state index in [9.17, 15) is 4.79 Å². The quantitative estimate of drug-likeness (QED) is 0.722. The summed E-state index contributed by atoms with van der Waals surface area (Å²) in [5.41, 5.74) is 4.87. The van der Waals surface area contributed by atoms with Crippen molar-refractivity contribution >= 4 is 5.91 Å². The highest BCUT2D eigenvalue weighted by molar-refractivity contribution is 5.84. The topological polar surface area (TPSA) is 58.4 Å². The van der Waals surface area contributed by atoms with Gasteiger partial charge in [-0.25, -0.2) is 0 Å². The fourth-order valence-electron chi connectivity index (χ4n) is 2.89. The van der Waals surface area contributed by atoms with E-state index >= 15 is 0 Å². The normalized spacial score (nSPS) is 24.4. The number of likely N-dealkylation sites (N-methyl/N-ethyl adjacent to an activating group) is 1. The smallest absolute Gasteiger partial charge is 0.237 e. The molecule has 1 aliphatic rings. The lowest BCUT2D eigenvalue weighted by Gasteiger charge is -2.30. The molecule has 2 atom stereocenters. The molecule has 1 fully saturated rings. The van der Waals surface area contributed by atoms with Crippen molar-refractivity contribution in [3.05, 3.63) is 0 Å². The second-order valence-electron chi connectivity index (χ2n) is 6.04. The molecule has 3 N–H and O–H groups in total. The molecule has 0 spiro atoms. The average Bonchev–Trinajstić information content (AvgIpc) is 2.77. The van der Waals surface area contributed by atoms with Crippen molar-refractivity contribution in [2.75, 3.05) is 20.1 Å². The van der Waals surface area contributed by atoms with Gasteiger partial charge in [0.1, 0.15) is 0 Å². The highest BCUT2D eigenvalue weighted by atomic mass is 16.1. The molecule has 1 saturated heterocycles. The van der Waals surface area contributed by atoms with Crippen LogP contribution >= 0.6 is 0 Å². The van der Waals surface area contributed by atoms with Crippen LogP contribution in [0.5, 0.6) is 0 Å². The van der Waals surface area contributed by atoms with E-state index < -0.39 is 5.54 Å². The van der Waals surface area contributed by atoms with Gasteiger partial charge in [-0.2, -0.15) is 0 Å². The molecule has 4 heteroatoms. The maximum absolute atomic E-state index is 11.4. The summed E-state index contributed by atoms with van der Waals surface area (Å²) in [6, 6.07) is 0.722. The number of nitrogens with two attached hydrogens (primary N) is 1. The van der Waals surface area contributed by atoms with Crippen LogP contribution in [0.25, 0.3) is 0 Å². The number of hydrogen-bond acceptors (Lipinski definition) is 3. The van der Waals surface area contributed by atoms with Gasteiger partial charge in [-0.3, -0.25) is 4.79 Å². The van der Waals surface area contributed by atoms with Crippen molar-refractivity contribution in [2.24, 2.45) is 11.7 Å². The molecule has 0 aromatic rings. The molecule has 0 aromatic heterocycles. The summed E-state index contributed by atoms with van der Waals surface area (Å²) in [5, 5.41) is 3.04. The van der Waals surface area contributed by atoms with E-state index in [0.717, 1.165) is 31.3 Å². The minimum atomic E-state index is -0.562. The van der Waals surface area contributed by atoms with Crippen LogP contribution in [0.2, 0.25) is 0 Å². The predicted octanol–water partition coefficient (Wildman–Crippen LogP) is 1.35. The van der Waals surface area contributed by atoms with Crippen molar-refractivity contribution in [1.82, 2.24) is 10.2 Å². The average molecular weight is 255 g/mol. The summed E-state index contributed by atoms with van der Waals surface area (Å²) in [6.07, 6.45) is 4.45. The van der Waals surface area contributed by atoms with Crippen LogP contribution in [0.15, 0.2) is 0 Å². The summed E-state index contributed by atoms with van der Waals surface area (Å²) in [4.78, 5) is 14.0. The Kier molecular flexibility index (Phi) is 5.60. The standard InChI is InChI=1S/C14H29N3O/c1-11(2)12-7-5-9-17(12)10-6-8-14(3,16-4)13(15)18/h11-12,16H,5-10H2,1-4H3,(H2,15,18). The third-order valence-electron chi connectivity index (χ3n) is 4.40. The van der Waals surface area contributed by atoms with Gasteiger partial charge in [0, 0.05) is 6.04 Å². The monoisotopic (exact) mass is 255 g/mol. The fourth-order valence-corrected chi connectivity index (χ4v) is 2.89. The van der Waals surface area contributed by atoms with Gasteiger partial charge in [0.25, 0.3) is 0 Å². The number of nitrogens with zero attached hydrogens (tertiary/aromatic N) is 1. The zero-order valence-electron chi connectivity index (χ0n) is 12.3. The maximum atomic E-state index is 11.4. The van der Waals surface area contributed by atoms with Gasteiger partial charge >= 0.3 is 0 Å². The molecular formula is C14H29N3O. The number of amides is 1. The Bertz CT molecular complexity index is 280. The molecule has 1 amide bonds. The first-order valence-electron chi connectivity index (χ1n) is 7.13. The summed E-state index contributed by atoms with van der Waals surface area (Å²) in [5.74, 6) is 0.464. The lowest BCUT2D eigenvalue weighted by molar-refractivity contribution is -0.123. The van der Waals surface area contributed by atoms with Gasteiger partial charge in [-0.1, -0.05) is 13.8 Å². The van der Waals surface area contributed by atoms with Gasteiger partial charge in [0.2, 0.25) is 5.91 Å². The first-order valence-corrected chi connectivity index (χ1v) is 7.13. The Labute approximate surface area is 111 Å². The molecule has 18 heavy (non-hydrogen) atoms.